The van der Waals surface area contributed by atoms with Crippen LogP contribution in [-0.2, 0) is 4.79 Å². The van der Waals surface area contributed by atoms with Crippen LogP contribution in [0.25, 0.3) is 17.7 Å². The number of hydrogen-bond acceptors (Lipinski definition) is 3. The Hall–Kier alpha value is -3.61. The maximum absolute atomic E-state index is 13.0. The minimum absolute atomic E-state index is 0. The van der Waals surface area contributed by atoms with Gasteiger partial charge in [-0.2, -0.15) is 13.5 Å². The summed E-state index contributed by atoms with van der Waals surface area (Å²) in [6, 6.07) is 25.5. The van der Waals surface area contributed by atoms with Gasteiger partial charge in [-0.15, -0.1) is 0 Å². The Balaban J connectivity index is 0.00000336. The average Bonchev–Trinajstić information content (AvgIpc) is 3.12. The van der Waals surface area contributed by atoms with Crippen molar-refractivity contribution in [2.75, 3.05) is 19.7 Å². The predicted molar refractivity (Wildman–Crippen MR) is 158 cm³/mol. The summed E-state index contributed by atoms with van der Waals surface area (Å²) in [7, 11) is 0. The van der Waals surface area contributed by atoms with Crippen molar-refractivity contribution >= 4 is 43.0 Å². The van der Waals surface area contributed by atoms with Crippen LogP contribution >= 0.6 is 13.5 Å². The molecule has 0 aromatic heterocycles. The highest BCUT2D eigenvalue weighted by Gasteiger charge is 2.25. The minimum atomic E-state index is -0.453. The zero-order chi connectivity index (χ0) is 25.6. The molecule has 0 saturated carbocycles. The normalized spacial score (nSPS) is 15.0. The van der Waals surface area contributed by atoms with Crippen LogP contribution in [0.2, 0.25) is 0 Å². The third-order valence-corrected chi connectivity index (χ3v) is 7.27. The van der Waals surface area contributed by atoms with Crippen LogP contribution in [0.5, 0.6) is 0 Å². The van der Waals surface area contributed by atoms with Gasteiger partial charge >= 0.3 is 0 Å². The van der Waals surface area contributed by atoms with Crippen molar-refractivity contribution in [3.63, 3.8) is 0 Å². The number of aliphatic hydroxyl groups excluding tert-OH is 1. The molecule has 2 amide bonds. The fourth-order valence-corrected chi connectivity index (χ4v) is 5.24. The number of aliphatic hydroxyl groups is 1. The summed E-state index contributed by atoms with van der Waals surface area (Å²) in [4.78, 5) is 27.4. The van der Waals surface area contributed by atoms with Gasteiger partial charge in [0, 0.05) is 25.1 Å². The third-order valence-electron chi connectivity index (χ3n) is 7.27. The molecule has 3 aromatic carbocycles. The Morgan fingerprint density at radius 1 is 0.816 bits per heavy atom. The lowest BCUT2D eigenvalue weighted by Crippen LogP contribution is -2.40. The van der Waals surface area contributed by atoms with Crippen molar-refractivity contribution in [1.29, 1.82) is 0 Å². The molecular formula is C32H34N2O3S. The molecule has 0 spiro atoms. The van der Waals surface area contributed by atoms with Gasteiger partial charge in [-0.1, -0.05) is 84.5 Å². The zero-order valence-electron chi connectivity index (χ0n) is 21.4. The Morgan fingerprint density at radius 3 is 1.95 bits per heavy atom. The molecule has 5 rings (SSSR count). The first-order valence-corrected chi connectivity index (χ1v) is 13.0. The second kappa shape index (κ2) is 12.8. The van der Waals surface area contributed by atoms with Gasteiger partial charge in [-0.25, -0.2) is 0 Å². The third kappa shape index (κ3) is 6.09. The molecule has 196 valence electrons. The van der Waals surface area contributed by atoms with Crippen LogP contribution in [0.3, 0.4) is 0 Å². The molecule has 0 radical (unpaired) electrons. The van der Waals surface area contributed by atoms with Crippen molar-refractivity contribution in [1.82, 2.24) is 10.2 Å². The van der Waals surface area contributed by atoms with Gasteiger partial charge < -0.3 is 15.3 Å². The number of hydrogen-bond donors (Lipinski definition) is 2. The summed E-state index contributed by atoms with van der Waals surface area (Å²) < 4.78 is 0. The summed E-state index contributed by atoms with van der Waals surface area (Å²) in [5, 5.41) is 12.6. The number of carbonyl (C=O) groups is 2. The summed E-state index contributed by atoms with van der Waals surface area (Å²) in [5.41, 5.74) is 8.15. The number of benzene rings is 3. The lowest BCUT2D eigenvalue weighted by molar-refractivity contribution is -0.131. The predicted octanol–water partition coefficient (Wildman–Crippen LogP) is 5.28. The topological polar surface area (TPSA) is 69.6 Å². The van der Waals surface area contributed by atoms with Crippen molar-refractivity contribution in [2.45, 2.75) is 31.7 Å². The molecule has 3 aromatic rings. The molecule has 0 unspecified atom stereocenters. The van der Waals surface area contributed by atoms with Crippen LogP contribution in [-0.4, -0.2) is 47.6 Å². The van der Waals surface area contributed by atoms with E-state index >= 15 is 0 Å². The highest BCUT2D eigenvalue weighted by atomic mass is 32.1. The van der Waals surface area contributed by atoms with Gasteiger partial charge in [0.15, 0.2) is 0 Å². The van der Waals surface area contributed by atoms with Crippen LogP contribution in [0.4, 0.5) is 0 Å². The molecular weight excluding hydrogens is 492 g/mol. The molecule has 1 aliphatic carbocycles. The Kier molecular flexibility index (Phi) is 9.21. The first-order chi connectivity index (χ1) is 18.1. The number of amides is 2. The van der Waals surface area contributed by atoms with Crippen LogP contribution in [0.1, 0.15) is 58.3 Å². The molecule has 6 heteroatoms. The molecule has 2 N–H and O–H groups in total. The highest BCUT2D eigenvalue weighted by molar-refractivity contribution is 7.59. The summed E-state index contributed by atoms with van der Waals surface area (Å²) in [6.07, 6.45) is 6.74. The first-order valence-electron chi connectivity index (χ1n) is 13.0. The molecule has 0 bridgehead atoms. The van der Waals surface area contributed by atoms with E-state index in [4.69, 9.17) is 0 Å². The van der Waals surface area contributed by atoms with Gasteiger partial charge in [-0.3, -0.25) is 9.59 Å². The smallest absolute Gasteiger partial charge is 0.251 e. The van der Waals surface area contributed by atoms with Gasteiger partial charge in [0.05, 0.1) is 12.6 Å². The van der Waals surface area contributed by atoms with E-state index in [0.717, 1.165) is 12.8 Å². The first kappa shape index (κ1) is 27.4. The fraction of sp³-hybridized carbons (Fsp3) is 0.250. The molecule has 38 heavy (non-hydrogen) atoms. The Morgan fingerprint density at radius 2 is 1.37 bits per heavy atom. The van der Waals surface area contributed by atoms with E-state index in [0.29, 0.717) is 31.5 Å². The molecule has 2 aliphatic rings. The van der Waals surface area contributed by atoms with Gasteiger partial charge in [0.2, 0.25) is 5.91 Å². The molecule has 5 nitrogen and oxygen atoms in total. The maximum atomic E-state index is 13.0. The Labute approximate surface area is 231 Å². The van der Waals surface area contributed by atoms with E-state index in [2.05, 4.69) is 66.0 Å². The minimum Gasteiger partial charge on any atom is -0.394 e. The Bertz CT molecular complexity index is 1290. The van der Waals surface area contributed by atoms with E-state index in [1.807, 2.05) is 11.0 Å². The van der Waals surface area contributed by atoms with Crippen LogP contribution < -0.4 is 5.32 Å². The van der Waals surface area contributed by atoms with Crippen molar-refractivity contribution < 1.29 is 14.7 Å². The van der Waals surface area contributed by atoms with Gasteiger partial charge in [-0.05, 0) is 59.2 Å². The van der Waals surface area contributed by atoms with Crippen LogP contribution in [0, 0.1) is 0 Å². The summed E-state index contributed by atoms with van der Waals surface area (Å²) in [6.45, 7) is 1.15. The molecule has 1 aliphatic heterocycles. The maximum Gasteiger partial charge on any atom is 0.251 e. The lowest BCUT2D eigenvalue weighted by Gasteiger charge is -2.31. The van der Waals surface area contributed by atoms with Gasteiger partial charge in [0.1, 0.15) is 0 Å². The van der Waals surface area contributed by atoms with Crippen LogP contribution in [0.15, 0.2) is 84.4 Å². The van der Waals surface area contributed by atoms with E-state index in [1.54, 1.807) is 24.3 Å². The van der Waals surface area contributed by atoms with Crippen molar-refractivity contribution in [2.24, 2.45) is 0 Å². The van der Waals surface area contributed by atoms with Crippen molar-refractivity contribution in [3.8, 4) is 0 Å². The number of fused-ring (bicyclic) bond motifs is 2. The number of carbonyl (C=O) groups excluding carboxylic acids is 2. The van der Waals surface area contributed by atoms with Gasteiger partial charge in [0.25, 0.3) is 5.91 Å². The fourth-order valence-electron chi connectivity index (χ4n) is 5.24. The van der Waals surface area contributed by atoms with E-state index < -0.39 is 6.04 Å². The molecule has 1 heterocycles. The van der Waals surface area contributed by atoms with E-state index in [1.165, 1.54) is 33.4 Å². The number of likely N-dealkylation sites (tertiary alicyclic amines) is 1. The summed E-state index contributed by atoms with van der Waals surface area (Å²) in [5.74, 6) is -0.167. The van der Waals surface area contributed by atoms with E-state index in [9.17, 15) is 14.7 Å². The quantitative estimate of drug-likeness (QED) is 0.359. The lowest BCUT2D eigenvalue weighted by atomic mass is 9.86. The molecule has 1 fully saturated rings. The molecule has 1 saturated heterocycles. The second-order valence-corrected chi connectivity index (χ2v) is 9.62. The molecule has 1 atom stereocenters. The SMILES string of the molecule is O=C(N[C@H](CO)CCC(=O)N1CCC(=C2c3ccccc3C=Cc3ccccc32)CC1)c1ccccc1.S. The standard InChI is InChI=1S/C32H32N2O3.H2S/c35-22-27(33-32(37)26-10-2-1-3-11-26)16-17-30(36)34-20-18-25(19-21-34)31-28-12-6-4-8-23(28)14-15-24-9-5-7-13-29(24)31;/h1-15,27,35H,16-22H2,(H,33,37);1H2/t27-;/m0./s1. The number of rotatable bonds is 6. The summed E-state index contributed by atoms with van der Waals surface area (Å²) >= 11 is 0. The second-order valence-electron chi connectivity index (χ2n) is 9.62. The van der Waals surface area contributed by atoms with E-state index in [-0.39, 0.29) is 31.9 Å². The number of nitrogens with one attached hydrogen (secondary N) is 1. The number of nitrogens with zero attached hydrogens (tertiary/aromatic N) is 1. The average molecular weight is 527 g/mol. The highest BCUT2D eigenvalue weighted by Crippen LogP contribution is 2.38. The zero-order valence-corrected chi connectivity index (χ0v) is 22.4. The number of piperidine rings is 1. The van der Waals surface area contributed by atoms with Crippen molar-refractivity contribution in [3.05, 3.63) is 112 Å². The largest absolute Gasteiger partial charge is 0.394 e. The monoisotopic (exact) mass is 526 g/mol.